The molecule has 1 aliphatic heterocycles. The molecule has 6 nitrogen and oxygen atoms in total. The van der Waals surface area contributed by atoms with Crippen molar-refractivity contribution in [1.29, 1.82) is 0 Å². The molecule has 1 amide bonds. The summed E-state index contributed by atoms with van der Waals surface area (Å²) in [6.07, 6.45) is 6.51. The Labute approximate surface area is 158 Å². The Morgan fingerprint density at radius 3 is 2.56 bits per heavy atom. The minimum atomic E-state index is -0.991. The fourth-order valence-corrected chi connectivity index (χ4v) is 4.60. The number of pyridine rings is 1. The van der Waals surface area contributed by atoms with Gasteiger partial charge in [0.25, 0.3) is 11.5 Å². The number of fused-ring (bicyclic) bond motifs is 1. The Hall–Kier alpha value is -2.63. The summed E-state index contributed by atoms with van der Waals surface area (Å²) in [5.41, 5.74) is 5.74. The average Bonchev–Trinajstić information content (AvgIpc) is 2.89. The molecule has 142 valence electrons. The Balaban J connectivity index is 1.78. The molecule has 4 rings (SSSR count). The summed E-state index contributed by atoms with van der Waals surface area (Å²) in [6, 6.07) is 11.1. The van der Waals surface area contributed by atoms with Gasteiger partial charge < -0.3 is 10.3 Å². The summed E-state index contributed by atoms with van der Waals surface area (Å²) in [7, 11) is 1.66. The zero-order chi connectivity index (χ0) is 19.0. The molecule has 1 aromatic carbocycles. The number of amides is 1. The van der Waals surface area contributed by atoms with Gasteiger partial charge in [-0.15, -0.1) is 0 Å². The number of nitrogens with two attached hydrogens (primary N) is 1. The van der Waals surface area contributed by atoms with Gasteiger partial charge in [-0.2, -0.15) is 0 Å². The molecule has 6 heteroatoms. The first-order valence-electron chi connectivity index (χ1n) is 9.72. The lowest BCUT2D eigenvalue weighted by Gasteiger charge is -2.32. The highest BCUT2D eigenvalue weighted by Crippen LogP contribution is 2.36. The van der Waals surface area contributed by atoms with E-state index in [0.29, 0.717) is 12.3 Å². The molecular formula is C21H26N4O2. The smallest absolute Gasteiger partial charge is 0.258 e. The van der Waals surface area contributed by atoms with Crippen LogP contribution in [0.5, 0.6) is 0 Å². The summed E-state index contributed by atoms with van der Waals surface area (Å²) >= 11 is 0. The Bertz CT molecular complexity index is 958. The zero-order valence-electron chi connectivity index (χ0n) is 15.7. The standard InChI is InChI=1S/C21H26N4O2/c1-24-19(27)21(23-20(24)22,13-15-7-3-2-4-8-15)14-25-17-10-6-5-9-16(17)11-12-18(25)26/h5-6,9-12,15H,2-4,7-8,13-14H2,1H3,(H2,22,23). The van der Waals surface area contributed by atoms with E-state index in [-0.39, 0.29) is 24.0 Å². The third-order valence-electron chi connectivity index (χ3n) is 6.04. The molecule has 1 atom stereocenters. The summed E-state index contributed by atoms with van der Waals surface area (Å²) in [6.45, 7) is 0.230. The van der Waals surface area contributed by atoms with E-state index in [1.165, 1.54) is 24.2 Å². The number of rotatable bonds is 4. The van der Waals surface area contributed by atoms with Crippen LogP contribution in [-0.2, 0) is 11.3 Å². The van der Waals surface area contributed by atoms with E-state index < -0.39 is 5.54 Å². The first-order valence-corrected chi connectivity index (χ1v) is 9.72. The molecule has 1 fully saturated rings. The second-order valence-electron chi connectivity index (χ2n) is 7.89. The van der Waals surface area contributed by atoms with Gasteiger partial charge in [0.1, 0.15) is 0 Å². The number of hydrogen-bond acceptors (Lipinski definition) is 4. The van der Waals surface area contributed by atoms with Crippen LogP contribution in [0.25, 0.3) is 10.9 Å². The highest BCUT2D eigenvalue weighted by molar-refractivity contribution is 6.06. The Kier molecular flexibility index (Phi) is 4.50. The topological polar surface area (TPSA) is 80.7 Å². The van der Waals surface area contributed by atoms with Crippen molar-refractivity contribution < 1.29 is 4.79 Å². The van der Waals surface area contributed by atoms with Gasteiger partial charge in [0.05, 0.1) is 12.1 Å². The maximum absolute atomic E-state index is 13.2. The van der Waals surface area contributed by atoms with Gasteiger partial charge in [0.2, 0.25) is 0 Å². The monoisotopic (exact) mass is 366 g/mol. The highest BCUT2D eigenvalue weighted by Gasteiger charge is 2.48. The second-order valence-corrected chi connectivity index (χ2v) is 7.89. The van der Waals surface area contributed by atoms with Crippen molar-refractivity contribution in [3.8, 4) is 0 Å². The molecule has 2 aliphatic rings. The second kappa shape index (κ2) is 6.83. The molecule has 0 saturated heterocycles. The number of guanidine groups is 1. The number of benzene rings is 1. The van der Waals surface area contributed by atoms with E-state index in [2.05, 4.69) is 4.99 Å². The molecular weight excluding hydrogens is 340 g/mol. The summed E-state index contributed by atoms with van der Waals surface area (Å²) in [5, 5.41) is 0.973. The molecule has 2 aromatic rings. The van der Waals surface area contributed by atoms with Crippen molar-refractivity contribution >= 4 is 22.8 Å². The number of carbonyl (C=O) groups excluding carboxylic acids is 1. The Morgan fingerprint density at radius 2 is 1.85 bits per heavy atom. The molecule has 2 N–H and O–H groups in total. The number of aromatic nitrogens is 1. The third kappa shape index (κ3) is 3.13. The van der Waals surface area contributed by atoms with Gasteiger partial charge in [-0.05, 0) is 29.9 Å². The minimum Gasteiger partial charge on any atom is -0.369 e. The largest absolute Gasteiger partial charge is 0.369 e. The van der Waals surface area contributed by atoms with Crippen molar-refractivity contribution in [3.05, 3.63) is 46.8 Å². The van der Waals surface area contributed by atoms with Crippen LogP contribution in [-0.4, -0.2) is 33.9 Å². The van der Waals surface area contributed by atoms with Crippen LogP contribution in [0, 0.1) is 5.92 Å². The molecule has 1 saturated carbocycles. The fraction of sp³-hybridized carbons (Fsp3) is 0.476. The number of carbonyl (C=O) groups is 1. The first kappa shape index (κ1) is 17.8. The van der Waals surface area contributed by atoms with Crippen molar-refractivity contribution in [3.63, 3.8) is 0 Å². The lowest BCUT2D eigenvalue weighted by molar-refractivity contribution is -0.131. The predicted molar refractivity (Wildman–Crippen MR) is 107 cm³/mol. The molecule has 27 heavy (non-hydrogen) atoms. The molecule has 1 unspecified atom stereocenters. The number of likely N-dealkylation sites (N-methyl/N-ethyl adjacent to an activating group) is 1. The van der Waals surface area contributed by atoms with Crippen LogP contribution in [0.4, 0.5) is 0 Å². The van der Waals surface area contributed by atoms with Gasteiger partial charge in [-0.3, -0.25) is 14.5 Å². The molecule has 2 heterocycles. The normalized spacial score (nSPS) is 23.8. The number of nitrogens with zero attached hydrogens (tertiary/aromatic N) is 3. The minimum absolute atomic E-state index is 0.106. The van der Waals surface area contributed by atoms with E-state index in [0.717, 1.165) is 23.7 Å². The number of para-hydroxylation sites is 1. The summed E-state index contributed by atoms with van der Waals surface area (Å²) < 4.78 is 1.69. The van der Waals surface area contributed by atoms with Crippen LogP contribution in [0.2, 0.25) is 0 Å². The summed E-state index contributed by atoms with van der Waals surface area (Å²) in [5.74, 6) is 0.575. The molecule has 0 spiro atoms. The lowest BCUT2D eigenvalue weighted by Crippen LogP contribution is -2.47. The van der Waals surface area contributed by atoms with E-state index in [1.807, 2.05) is 30.3 Å². The Morgan fingerprint density at radius 1 is 1.11 bits per heavy atom. The average molecular weight is 366 g/mol. The first-order chi connectivity index (χ1) is 13.0. The summed E-state index contributed by atoms with van der Waals surface area (Å²) in [4.78, 5) is 31.9. The van der Waals surface area contributed by atoms with Gasteiger partial charge in [-0.1, -0.05) is 50.3 Å². The van der Waals surface area contributed by atoms with Gasteiger partial charge in [-0.25, -0.2) is 4.99 Å². The van der Waals surface area contributed by atoms with Crippen LogP contribution >= 0.6 is 0 Å². The molecule has 1 aliphatic carbocycles. The van der Waals surface area contributed by atoms with Crippen molar-refractivity contribution in [1.82, 2.24) is 9.47 Å². The predicted octanol–water partition coefficient (Wildman–Crippen LogP) is 2.50. The molecule has 1 aromatic heterocycles. The van der Waals surface area contributed by atoms with Crippen molar-refractivity contribution in [2.24, 2.45) is 16.6 Å². The van der Waals surface area contributed by atoms with Crippen molar-refractivity contribution in [2.75, 3.05) is 7.05 Å². The van der Waals surface area contributed by atoms with E-state index >= 15 is 0 Å². The maximum Gasteiger partial charge on any atom is 0.258 e. The van der Waals surface area contributed by atoms with Gasteiger partial charge in [0.15, 0.2) is 11.5 Å². The van der Waals surface area contributed by atoms with Crippen molar-refractivity contribution in [2.45, 2.75) is 50.6 Å². The van der Waals surface area contributed by atoms with Crippen LogP contribution in [0.3, 0.4) is 0 Å². The number of hydrogen-bond donors (Lipinski definition) is 1. The SMILES string of the molecule is CN1C(=O)C(CC2CCCCC2)(Cn2c(=O)ccc3ccccc32)N=C1N. The zero-order valence-corrected chi connectivity index (χ0v) is 15.7. The van der Waals surface area contributed by atoms with Gasteiger partial charge in [0, 0.05) is 13.1 Å². The van der Waals surface area contributed by atoms with E-state index in [9.17, 15) is 9.59 Å². The quantitative estimate of drug-likeness (QED) is 0.903. The molecule has 0 radical (unpaired) electrons. The highest BCUT2D eigenvalue weighted by atomic mass is 16.2. The molecule has 0 bridgehead atoms. The third-order valence-corrected chi connectivity index (χ3v) is 6.04. The fourth-order valence-electron chi connectivity index (χ4n) is 4.60. The van der Waals surface area contributed by atoms with E-state index in [1.54, 1.807) is 17.7 Å². The number of aliphatic imine (C=N–C) groups is 1. The lowest BCUT2D eigenvalue weighted by atomic mass is 9.79. The van der Waals surface area contributed by atoms with E-state index in [4.69, 9.17) is 5.73 Å². The van der Waals surface area contributed by atoms with Crippen LogP contribution < -0.4 is 11.3 Å². The van der Waals surface area contributed by atoms with Crippen LogP contribution in [0.1, 0.15) is 38.5 Å². The maximum atomic E-state index is 13.2. The van der Waals surface area contributed by atoms with Gasteiger partial charge >= 0.3 is 0 Å². The van der Waals surface area contributed by atoms with Crippen LogP contribution in [0.15, 0.2) is 46.2 Å².